The number of nitrogens with zero attached hydrogens (tertiary/aromatic N) is 3. The summed E-state index contributed by atoms with van der Waals surface area (Å²) in [6.45, 7) is 1.00. The molecule has 164 valence electrons. The monoisotopic (exact) mass is 458 g/mol. The van der Waals surface area contributed by atoms with Gasteiger partial charge in [-0.2, -0.15) is 0 Å². The molecule has 0 aliphatic carbocycles. The number of halogens is 1. The molecule has 0 radical (unpaired) electrons. The molecule has 2 N–H and O–H groups in total. The molecule has 8 heteroatoms. The van der Waals surface area contributed by atoms with Crippen LogP contribution in [0.1, 0.15) is 27.7 Å². The van der Waals surface area contributed by atoms with Crippen molar-refractivity contribution in [2.45, 2.75) is 6.04 Å². The Kier molecular flexibility index (Phi) is 5.40. The van der Waals surface area contributed by atoms with E-state index in [-0.39, 0.29) is 11.5 Å². The largest absolute Gasteiger partial charge is 0.478 e. The van der Waals surface area contributed by atoms with Gasteiger partial charge < -0.3 is 10.4 Å². The molecular formula is C25H19ClN4O3. The number of pyridine rings is 1. The number of aromatic nitrogens is 1. The lowest BCUT2D eigenvalue weighted by atomic mass is 9.93. The number of carbonyl (C=O) groups is 2. The molecule has 1 aromatic heterocycles. The lowest BCUT2D eigenvalue weighted by Gasteiger charge is -2.27. The second-order valence-corrected chi connectivity index (χ2v) is 8.08. The van der Waals surface area contributed by atoms with Gasteiger partial charge in [-0.1, -0.05) is 35.9 Å². The SMILES string of the molecule is O=C(O)c1cccc(N2C(=O)C3=C(C(c4ccc(Cl)cc4)=NCCN3)[C@@H]2c2ccccn2)c1. The van der Waals surface area contributed by atoms with Crippen molar-refractivity contribution in [2.75, 3.05) is 18.0 Å². The fourth-order valence-electron chi connectivity index (χ4n) is 4.20. The minimum atomic E-state index is -1.06. The van der Waals surface area contributed by atoms with Crippen LogP contribution in [-0.4, -0.2) is 40.8 Å². The first-order chi connectivity index (χ1) is 16.0. The quantitative estimate of drug-likeness (QED) is 0.619. The normalized spacial score (nSPS) is 17.8. The van der Waals surface area contributed by atoms with Gasteiger partial charge in [0.15, 0.2) is 0 Å². The van der Waals surface area contributed by atoms with Gasteiger partial charge in [0, 0.05) is 34.6 Å². The maximum Gasteiger partial charge on any atom is 0.335 e. The molecule has 1 amide bonds. The van der Waals surface area contributed by atoms with E-state index in [4.69, 9.17) is 16.6 Å². The number of benzene rings is 2. The third-order valence-corrected chi connectivity index (χ3v) is 5.88. The van der Waals surface area contributed by atoms with Gasteiger partial charge in [-0.25, -0.2) is 4.79 Å². The lowest BCUT2D eigenvalue weighted by molar-refractivity contribution is -0.115. The molecular weight excluding hydrogens is 440 g/mol. The van der Waals surface area contributed by atoms with E-state index in [0.29, 0.717) is 46.5 Å². The number of amides is 1. The maximum atomic E-state index is 13.7. The number of nitrogens with one attached hydrogen (secondary N) is 1. The number of aliphatic imine (C=N–C) groups is 1. The van der Waals surface area contributed by atoms with Crippen LogP contribution in [0.2, 0.25) is 5.02 Å². The Morgan fingerprint density at radius 1 is 1.09 bits per heavy atom. The molecule has 0 unspecified atom stereocenters. The highest BCUT2D eigenvalue weighted by Crippen LogP contribution is 2.42. The summed E-state index contributed by atoms with van der Waals surface area (Å²) in [5.41, 5.74) is 3.90. The standard InChI is InChI=1S/C25H19ClN4O3/c26-17-9-7-15(8-10-17)21-20-22(29-13-12-28-21)24(31)30(23(20)19-6-1-2-11-27-19)18-5-3-4-16(14-18)25(32)33/h1-11,14,23,29H,12-13H2,(H,32,33)/t23-/m0/s1. The second-order valence-electron chi connectivity index (χ2n) is 7.64. The second kappa shape index (κ2) is 8.52. The van der Waals surface area contributed by atoms with E-state index in [1.807, 2.05) is 30.3 Å². The molecule has 1 atom stereocenters. The van der Waals surface area contributed by atoms with Gasteiger partial charge in [0.05, 0.1) is 23.5 Å². The van der Waals surface area contributed by atoms with Gasteiger partial charge in [0.2, 0.25) is 0 Å². The number of carboxylic acids is 1. The van der Waals surface area contributed by atoms with E-state index in [0.717, 1.165) is 5.56 Å². The summed E-state index contributed by atoms with van der Waals surface area (Å²) >= 11 is 6.10. The smallest absolute Gasteiger partial charge is 0.335 e. The zero-order valence-electron chi connectivity index (χ0n) is 17.4. The number of carbonyl (C=O) groups excluding carboxylic acids is 1. The number of hydrogen-bond acceptors (Lipinski definition) is 5. The molecule has 3 aromatic rings. The van der Waals surface area contributed by atoms with Crippen molar-refractivity contribution < 1.29 is 14.7 Å². The predicted octanol–water partition coefficient (Wildman–Crippen LogP) is 3.87. The Hall–Kier alpha value is -3.97. The van der Waals surface area contributed by atoms with Crippen molar-refractivity contribution in [3.8, 4) is 0 Å². The van der Waals surface area contributed by atoms with E-state index in [9.17, 15) is 14.7 Å². The summed E-state index contributed by atoms with van der Waals surface area (Å²) in [4.78, 5) is 36.3. The Balaban J connectivity index is 1.71. The highest BCUT2D eigenvalue weighted by atomic mass is 35.5. The number of carboxylic acid groups (broad SMARTS) is 1. The van der Waals surface area contributed by atoms with E-state index >= 15 is 0 Å². The highest BCUT2D eigenvalue weighted by molar-refractivity contribution is 6.31. The first-order valence-corrected chi connectivity index (χ1v) is 10.8. The van der Waals surface area contributed by atoms with Crippen molar-refractivity contribution in [1.82, 2.24) is 10.3 Å². The molecule has 33 heavy (non-hydrogen) atoms. The molecule has 0 fully saturated rings. The van der Waals surface area contributed by atoms with Crippen LogP contribution in [0.25, 0.3) is 0 Å². The molecule has 5 rings (SSSR count). The van der Waals surface area contributed by atoms with Crippen molar-refractivity contribution in [3.05, 3.63) is 106 Å². The van der Waals surface area contributed by atoms with Crippen LogP contribution in [0.4, 0.5) is 5.69 Å². The Morgan fingerprint density at radius 2 is 1.91 bits per heavy atom. The van der Waals surface area contributed by atoms with Crippen LogP contribution < -0.4 is 10.2 Å². The average Bonchev–Trinajstić information content (AvgIpc) is 2.97. The van der Waals surface area contributed by atoms with Crippen LogP contribution in [-0.2, 0) is 4.79 Å². The summed E-state index contributed by atoms with van der Waals surface area (Å²) in [6, 6.07) is 18.6. The maximum absolute atomic E-state index is 13.7. The first-order valence-electron chi connectivity index (χ1n) is 10.4. The first kappa shape index (κ1) is 20.9. The molecule has 0 saturated carbocycles. The number of anilines is 1. The molecule has 2 aromatic carbocycles. The summed E-state index contributed by atoms with van der Waals surface area (Å²) < 4.78 is 0. The van der Waals surface area contributed by atoms with Gasteiger partial charge in [-0.15, -0.1) is 0 Å². The van der Waals surface area contributed by atoms with Gasteiger partial charge in [-0.05, 0) is 42.5 Å². The van der Waals surface area contributed by atoms with Crippen molar-refractivity contribution >= 4 is 34.9 Å². The predicted molar refractivity (Wildman–Crippen MR) is 126 cm³/mol. The number of aromatic carboxylic acids is 1. The third kappa shape index (κ3) is 3.76. The van der Waals surface area contributed by atoms with Crippen molar-refractivity contribution in [3.63, 3.8) is 0 Å². The van der Waals surface area contributed by atoms with Gasteiger partial charge in [-0.3, -0.25) is 19.7 Å². The fourth-order valence-corrected chi connectivity index (χ4v) is 4.32. The summed E-state index contributed by atoms with van der Waals surface area (Å²) in [6.07, 6.45) is 1.67. The summed E-state index contributed by atoms with van der Waals surface area (Å²) in [5, 5.41) is 13.3. The van der Waals surface area contributed by atoms with E-state index in [1.54, 1.807) is 35.4 Å². The van der Waals surface area contributed by atoms with Gasteiger partial charge >= 0.3 is 5.97 Å². The Labute approximate surface area is 195 Å². The average molecular weight is 459 g/mol. The van der Waals surface area contributed by atoms with Crippen LogP contribution >= 0.6 is 11.6 Å². The van der Waals surface area contributed by atoms with E-state index in [1.165, 1.54) is 12.1 Å². The number of rotatable bonds is 4. The molecule has 7 nitrogen and oxygen atoms in total. The van der Waals surface area contributed by atoms with Gasteiger partial charge in [0.1, 0.15) is 11.7 Å². The van der Waals surface area contributed by atoms with E-state index < -0.39 is 12.0 Å². The van der Waals surface area contributed by atoms with Crippen LogP contribution in [0.5, 0.6) is 0 Å². The highest BCUT2D eigenvalue weighted by Gasteiger charge is 2.44. The molecule has 0 saturated heterocycles. The minimum absolute atomic E-state index is 0.0988. The molecule has 2 aliphatic rings. The Morgan fingerprint density at radius 3 is 2.64 bits per heavy atom. The minimum Gasteiger partial charge on any atom is -0.478 e. The lowest BCUT2D eigenvalue weighted by Crippen LogP contribution is -2.34. The Bertz CT molecular complexity index is 1300. The molecule has 3 heterocycles. The molecule has 0 spiro atoms. The van der Waals surface area contributed by atoms with Crippen LogP contribution in [0, 0.1) is 0 Å². The number of hydrogen-bond donors (Lipinski definition) is 2. The van der Waals surface area contributed by atoms with E-state index in [2.05, 4.69) is 10.3 Å². The fraction of sp³-hybridized carbons (Fsp3) is 0.120. The third-order valence-electron chi connectivity index (χ3n) is 5.63. The van der Waals surface area contributed by atoms with Crippen molar-refractivity contribution in [2.24, 2.45) is 4.99 Å². The van der Waals surface area contributed by atoms with Crippen LogP contribution in [0.3, 0.4) is 0 Å². The zero-order chi connectivity index (χ0) is 22.9. The topological polar surface area (TPSA) is 94.9 Å². The zero-order valence-corrected chi connectivity index (χ0v) is 18.2. The summed E-state index contributed by atoms with van der Waals surface area (Å²) in [5.74, 6) is -1.32. The van der Waals surface area contributed by atoms with Crippen molar-refractivity contribution in [1.29, 1.82) is 0 Å². The molecule has 2 aliphatic heterocycles. The summed E-state index contributed by atoms with van der Waals surface area (Å²) in [7, 11) is 0. The molecule has 0 bridgehead atoms. The van der Waals surface area contributed by atoms with Crippen LogP contribution in [0.15, 0.2) is 89.2 Å². The van der Waals surface area contributed by atoms with Gasteiger partial charge in [0.25, 0.3) is 5.91 Å².